The predicted octanol–water partition coefficient (Wildman–Crippen LogP) is 2.54. The highest BCUT2D eigenvalue weighted by Crippen LogP contribution is 2.47. The Hall–Kier alpha value is -1.16. The summed E-state index contributed by atoms with van der Waals surface area (Å²) in [6, 6.07) is 3.11. The maximum atomic E-state index is 13.1. The molecule has 1 fully saturated rings. The number of hydrogen-bond acceptors (Lipinski definition) is 3. The number of esters is 1. The van der Waals surface area contributed by atoms with Crippen LogP contribution >= 0.6 is 11.6 Å². The lowest BCUT2D eigenvalue weighted by Gasteiger charge is -2.01. The van der Waals surface area contributed by atoms with Crippen LogP contribution in [0.25, 0.3) is 0 Å². The molecule has 1 aromatic heterocycles. The van der Waals surface area contributed by atoms with Crippen LogP contribution in [0.1, 0.15) is 25.0 Å². The molecule has 16 heavy (non-hydrogen) atoms. The minimum Gasteiger partial charge on any atom is -0.466 e. The number of ether oxygens (including phenoxy) is 1. The lowest BCUT2D eigenvalue weighted by atomic mass is 10.2. The van der Waals surface area contributed by atoms with Gasteiger partial charge in [-0.3, -0.25) is 4.79 Å². The Labute approximate surface area is 97.6 Å². The second-order valence-electron chi connectivity index (χ2n) is 3.71. The first-order valence-corrected chi connectivity index (χ1v) is 5.50. The lowest BCUT2D eigenvalue weighted by molar-refractivity contribution is -0.144. The van der Waals surface area contributed by atoms with E-state index in [1.54, 1.807) is 13.0 Å². The van der Waals surface area contributed by atoms with E-state index in [9.17, 15) is 9.18 Å². The monoisotopic (exact) mass is 243 g/mol. The third kappa shape index (κ3) is 2.16. The zero-order valence-electron chi connectivity index (χ0n) is 8.74. The van der Waals surface area contributed by atoms with Crippen LogP contribution in [0.5, 0.6) is 0 Å². The van der Waals surface area contributed by atoms with Crippen LogP contribution in [0.3, 0.4) is 0 Å². The molecule has 1 aliphatic rings. The molecule has 5 heteroatoms. The van der Waals surface area contributed by atoms with Gasteiger partial charge in [0.2, 0.25) is 5.95 Å². The number of hydrogen-bond donors (Lipinski definition) is 0. The van der Waals surface area contributed by atoms with Gasteiger partial charge < -0.3 is 4.74 Å². The first kappa shape index (κ1) is 11.3. The molecule has 1 heterocycles. The Morgan fingerprint density at radius 3 is 3.06 bits per heavy atom. The van der Waals surface area contributed by atoms with Gasteiger partial charge in [0.1, 0.15) is 0 Å². The summed E-state index contributed by atoms with van der Waals surface area (Å²) in [5.41, 5.74) is 0.569. The van der Waals surface area contributed by atoms with Crippen LogP contribution in [0, 0.1) is 11.9 Å². The summed E-state index contributed by atoms with van der Waals surface area (Å²) in [5, 5.41) is -0.00270. The Kier molecular flexibility index (Phi) is 3.10. The van der Waals surface area contributed by atoms with Crippen molar-refractivity contribution in [1.82, 2.24) is 4.98 Å². The van der Waals surface area contributed by atoms with Crippen molar-refractivity contribution in [2.24, 2.45) is 5.92 Å². The van der Waals surface area contributed by atoms with E-state index in [2.05, 4.69) is 4.98 Å². The van der Waals surface area contributed by atoms with Crippen molar-refractivity contribution in [1.29, 1.82) is 0 Å². The first-order valence-electron chi connectivity index (χ1n) is 5.12. The molecule has 0 radical (unpaired) electrons. The summed E-state index contributed by atoms with van der Waals surface area (Å²) in [5.74, 6) is -1.11. The third-order valence-electron chi connectivity index (χ3n) is 2.58. The Morgan fingerprint density at radius 1 is 1.69 bits per heavy atom. The zero-order valence-corrected chi connectivity index (χ0v) is 9.50. The van der Waals surface area contributed by atoms with Gasteiger partial charge in [-0.15, -0.1) is 0 Å². The molecule has 0 N–H and O–H groups in total. The maximum absolute atomic E-state index is 13.1. The van der Waals surface area contributed by atoms with Gasteiger partial charge in [-0.25, -0.2) is 4.98 Å². The normalized spacial score (nSPS) is 22.9. The minimum absolute atomic E-state index is 0.00270. The highest BCUT2D eigenvalue weighted by molar-refractivity contribution is 6.30. The van der Waals surface area contributed by atoms with Gasteiger partial charge in [-0.05, 0) is 25.5 Å². The highest BCUT2D eigenvalue weighted by Gasteiger charge is 2.46. The predicted molar refractivity (Wildman–Crippen MR) is 56.7 cm³/mol. The van der Waals surface area contributed by atoms with Crippen molar-refractivity contribution in [3.8, 4) is 0 Å². The molecule has 1 aliphatic carbocycles. The fourth-order valence-electron chi connectivity index (χ4n) is 1.67. The SMILES string of the molecule is CCOC(=O)[C@H]1CC1c1ccc(Cl)c(F)n1. The van der Waals surface area contributed by atoms with E-state index < -0.39 is 5.95 Å². The van der Waals surface area contributed by atoms with E-state index in [1.165, 1.54) is 6.07 Å². The van der Waals surface area contributed by atoms with Gasteiger partial charge in [0, 0.05) is 11.6 Å². The number of carbonyl (C=O) groups is 1. The summed E-state index contributed by atoms with van der Waals surface area (Å²) < 4.78 is 18.0. The van der Waals surface area contributed by atoms with Crippen molar-refractivity contribution >= 4 is 17.6 Å². The van der Waals surface area contributed by atoms with Gasteiger partial charge in [0.15, 0.2) is 0 Å². The van der Waals surface area contributed by atoms with Crippen molar-refractivity contribution in [3.63, 3.8) is 0 Å². The molecule has 86 valence electrons. The first-order chi connectivity index (χ1) is 7.63. The number of halogens is 2. The number of carbonyl (C=O) groups excluding carboxylic acids is 1. The molecule has 0 amide bonds. The van der Waals surface area contributed by atoms with Crippen LogP contribution < -0.4 is 0 Å². The highest BCUT2D eigenvalue weighted by atomic mass is 35.5. The average molecular weight is 244 g/mol. The molecule has 1 aromatic rings. The lowest BCUT2D eigenvalue weighted by Crippen LogP contribution is -2.07. The summed E-state index contributed by atoms with van der Waals surface area (Å²) >= 11 is 5.53. The number of rotatable bonds is 3. The quantitative estimate of drug-likeness (QED) is 0.605. The zero-order chi connectivity index (χ0) is 11.7. The Bertz CT molecular complexity index is 424. The molecule has 0 saturated heterocycles. The largest absolute Gasteiger partial charge is 0.466 e. The molecular weight excluding hydrogens is 233 g/mol. The third-order valence-corrected chi connectivity index (χ3v) is 2.87. The summed E-state index contributed by atoms with van der Waals surface area (Å²) in [6.45, 7) is 2.12. The molecule has 1 saturated carbocycles. The van der Waals surface area contributed by atoms with Gasteiger partial charge in [0.05, 0.1) is 17.5 Å². The van der Waals surface area contributed by atoms with Gasteiger partial charge in [-0.2, -0.15) is 4.39 Å². The Balaban J connectivity index is 2.06. The minimum atomic E-state index is -0.686. The van der Waals surface area contributed by atoms with Crippen LogP contribution in [0.15, 0.2) is 12.1 Å². The van der Waals surface area contributed by atoms with Gasteiger partial charge in [-0.1, -0.05) is 11.6 Å². The second kappa shape index (κ2) is 4.37. The number of pyridine rings is 1. The molecule has 0 bridgehead atoms. The van der Waals surface area contributed by atoms with Gasteiger partial charge in [0.25, 0.3) is 0 Å². The maximum Gasteiger partial charge on any atom is 0.309 e. The molecule has 3 nitrogen and oxygen atoms in total. The van der Waals surface area contributed by atoms with Crippen molar-refractivity contribution < 1.29 is 13.9 Å². The number of aromatic nitrogens is 1. The molecule has 2 atom stereocenters. The molecule has 2 rings (SSSR count). The van der Waals surface area contributed by atoms with Crippen molar-refractivity contribution in [2.45, 2.75) is 19.3 Å². The van der Waals surface area contributed by atoms with Crippen molar-refractivity contribution in [2.75, 3.05) is 6.61 Å². The molecular formula is C11H11ClFNO2. The Morgan fingerprint density at radius 2 is 2.44 bits per heavy atom. The van der Waals surface area contributed by atoms with E-state index >= 15 is 0 Å². The van der Waals surface area contributed by atoms with Crippen LogP contribution in [0.2, 0.25) is 5.02 Å². The van der Waals surface area contributed by atoms with Gasteiger partial charge >= 0.3 is 5.97 Å². The summed E-state index contributed by atoms with van der Waals surface area (Å²) in [4.78, 5) is 15.1. The van der Waals surface area contributed by atoms with Crippen molar-refractivity contribution in [3.05, 3.63) is 28.8 Å². The number of nitrogens with zero attached hydrogens (tertiary/aromatic N) is 1. The fourth-order valence-corrected chi connectivity index (χ4v) is 1.77. The average Bonchev–Trinajstić information content (AvgIpc) is 3.02. The standard InChI is InChI=1S/C11H11ClFNO2/c1-2-16-11(15)7-5-6(7)9-4-3-8(12)10(13)14-9/h3-4,6-7H,2,5H2,1H3/t6?,7-/m0/s1. The van der Waals surface area contributed by atoms with E-state index in [1.807, 2.05) is 0 Å². The topological polar surface area (TPSA) is 39.2 Å². The smallest absolute Gasteiger partial charge is 0.309 e. The van der Waals surface area contributed by atoms with Crippen LogP contribution in [-0.4, -0.2) is 17.6 Å². The molecule has 0 aliphatic heterocycles. The molecule has 0 aromatic carbocycles. The van der Waals surface area contributed by atoms with E-state index in [-0.39, 0.29) is 22.8 Å². The summed E-state index contributed by atoms with van der Waals surface area (Å²) in [6.07, 6.45) is 0.674. The van der Waals surface area contributed by atoms with Crippen LogP contribution in [-0.2, 0) is 9.53 Å². The van der Waals surface area contributed by atoms with E-state index in [4.69, 9.17) is 16.3 Å². The molecule has 1 unspecified atom stereocenters. The summed E-state index contributed by atoms with van der Waals surface area (Å²) in [7, 11) is 0. The fraction of sp³-hybridized carbons (Fsp3) is 0.455. The molecule has 0 spiro atoms. The van der Waals surface area contributed by atoms with E-state index in [0.717, 1.165) is 0 Å². The van der Waals surface area contributed by atoms with Crippen LogP contribution in [0.4, 0.5) is 4.39 Å². The second-order valence-corrected chi connectivity index (χ2v) is 4.12. The van der Waals surface area contributed by atoms with E-state index in [0.29, 0.717) is 18.7 Å².